The number of halogens is 1. The predicted molar refractivity (Wildman–Crippen MR) is 105 cm³/mol. The summed E-state index contributed by atoms with van der Waals surface area (Å²) in [5.41, 5.74) is 2.47. The molecular formula is C19H15ClN6O2. The highest BCUT2D eigenvalue weighted by Gasteiger charge is 2.18. The van der Waals surface area contributed by atoms with E-state index >= 15 is 0 Å². The molecule has 0 bridgehead atoms. The highest BCUT2D eigenvalue weighted by atomic mass is 35.5. The van der Waals surface area contributed by atoms with E-state index in [1.54, 1.807) is 31.4 Å². The number of nitrogens with one attached hydrogen (secondary N) is 3. The fraction of sp³-hybridized carbons (Fsp3) is 0.0526. The number of hydrogen-bond donors (Lipinski definition) is 3. The van der Waals surface area contributed by atoms with E-state index in [1.807, 2.05) is 24.3 Å². The van der Waals surface area contributed by atoms with Crippen LogP contribution in [-0.2, 0) is 0 Å². The zero-order chi connectivity index (χ0) is 19.5. The van der Waals surface area contributed by atoms with Crippen LogP contribution in [-0.4, -0.2) is 38.4 Å². The van der Waals surface area contributed by atoms with Crippen molar-refractivity contribution in [1.29, 1.82) is 0 Å². The number of ether oxygens (including phenoxy) is 1. The second-order valence-electron chi connectivity index (χ2n) is 5.83. The van der Waals surface area contributed by atoms with Gasteiger partial charge in [0.25, 0.3) is 5.91 Å². The molecular weight excluding hydrogens is 380 g/mol. The topological polar surface area (TPSA) is 109 Å². The first kappa shape index (κ1) is 17.7. The number of aromatic nitrogens is 5. The molecule has 2 heterocycles. The van der Waals surface area contributed by atoms with Crippen molar-refractivity contribution in [2.24, 2.45) is 0 Å². The summed E-state index contributed by atoms with van der Waals surface area (Å²) < 4.78 is 5.33. The Kier molecular flexibility index (Phi) is 4.77. The number of rotatable bonds is 5. The molecule has 1 amide bonds. The summed E-state index contributed by atoms with van der Waals surface area (Å²) in [6.07, 6.45) is 1.45. The Morgan fingerprint density at radius 3 is 2.68 bits per heavy atom. The lowest BCUT2D eigenvalue weighted by Gasteiger charge is -2.04. The lowest BCUT2D eigenvalue weighted by molar-refractivity contribution is 0.102. The number of nitrogens with zero attached hydrogens (tertiary/aromatic N) is 3. The maximum Gasteiger partial charge on any atom is 0.261 e. The average molecular weight is 395 g/mol. The van der Waals surface area contributed by atoms with Gasteiger partial charge >= 0.3 is 0 Å². The van der Waals surface area contributed by atoms with Gasteiger partial charge in [-0.05, 0) is 24.3 Å². The summed E-state index contributed by atoms with van der Waals surface area (Å²) in [7, 11) is 1.58. The number of H-pyrrole nitrogens is 2. The molecule has 3 N–H and O–H groups in total. The van der Waals surface area contributed by atoms with Crippen LogP contribution in [0, 0.1) is 0 Å². The van der Waals surface area contributed by atoms with Gasteiger partial charge in [0.05, 0.1) is 30.1 Å². The number of carbonyl (C=O) groups excluding carboxylic acids is 1. The van der Waals surface area contributed by atoms with Crippen molar-refractivity contribution >= 4 is 23.5 Å². The van der Waals surface area contributed by atoms with Crippen molar-refractivity contribution in [3.63, 3.8) is 0 Å². The summed E-state index contributed by atoms with van der Waals surface area (Å²) in [5.74, 6) is 0.896. The molecule has 0 aliphatic heterocycles. The van der Waals surface area contributed by atoms with Crippen molar-refractivity contribution in [1.82, 2.24) is 25.4 Å². The molecule has 4 aromatic rings. The smallest absolute Gasteiger partial charge is 0.261 e. The summed E-state index contributed by atoms with van der Waals surface area (Å²) in [6.45, 7) is 0. The summed E-state index contributed by atoms with van der Waals surface area (Å²) in [6, 6.07) is 14.5. The van der Waals surface area contributed by atoms with Crippen LogP contribution in [0.2, 0.25) is 5.02 Å². The zero-order valence-electron chi connectivity index (χ0n) is 14.7. The van der Waals surface area contributed by atoms with E-state index in [0.29, 0.717) is 27.9 Å². The first-order chi connectivity index (χ1) is 13.7. The lowest BCUT2D eigenvalue weighted by atomic mass is 10.1. The Morgan fingerprint density at radius 1 is 1.11 bits per heavy atom. The van der Waals surface area contributed by atoms with Crippen LogP contribution in [0.4, 0.5) is 5.95 Å². The first-order valence-corrected chi connectivity index (χ1v) is 8.70. The number of anilines is 1. The Labute approximate surface area is 164 Å². The maximum absolute atomic E-state index is 12.7. The first-order valence-electron chi connectivity index (χ1n) is 8.32. The van der Waals surface area contributed by atoms with E-state index in [9.17, 15) is 4.79 Å². The number of methoxy groups -OCH3 is 1. The molecule has 0 radical (unpaired) electrons. The predicted octanol–water partition coefficient (Wildman–Crippen LogP) is 3.78. The minimum absolute atomic E-state index is 0.147. The molecule has 2 aromatic heterocycles. The maximum atomic E-state index is 12.7. The standard InChI is InChI=1S/C19H15ClN6O2/c1-28-15-5-3-2-4-13(15)17-22-19(26-25-17)23-18(27)14-10-21-24-16(14)11-6-8-12(20)9-7-11/h2-10H,1H3,(H,21,24)(H2,22,23,25,26,27). The number of carbonyl (C=O) groups is 1. The van der Waals surface area contributed by atoms with Crippen LogP contribution in [0.5, 0.6) is 5.75 Å². The molecule has 0 spiro atoms. The Morgan fingerprint density at radius 2 is 1.89 bits per heavy atom. The van der Waals surface area contributed by atoms with Crippen LogP contribution in [0.3, 0.4) is 0 Å². The van der Waals surface area contributed by atoms with Crippen molar-refractivity contribution in [3.8, 4) is 28.4 Å². The Hall–Kier alpha value is -3.65. The monoisotopic (exact) mass is 394 g/mol. The van der Waals surface area contributed by atoms with Crippen molar-refractivity contribution in [3.05, 3.63) is 65.3 Å². The van der Waals surface area contributed by atoms with Gasteiger partial charge < -0.3 is 4.74 Å². The molecule has 9 heteroatoms. The summed E-state index contributed by atoms with van der Waals surface area (Å²) in [4.78, 5) is 17.0. The van der Waals surface area contributed by atoms with Gasteiger partial charge in [-0.25, -0.2) is 0 Å². The van der Waals surface area contributed by atoms with Crippen LogP contribution in [0.15, 0.2) is 54.7 Å². The number of amides is 1. The van der Waals surface area contributed by atoms with Crippen molar-refractivity contribution in [2.45, 2.75) is 0 Å². The van der Waals surface area contributed by atoms with Crippen molar-refractivity contribution < 1.29 is 9.53 Å². The van der Waals surface area contributed by atoms with Crippen LogP contribution < -0.4 is 10.1 Å². The number of aromatic amines is 2. The molecule has 0 saturated carbocycles. The average Bonchev–Trinajstić information content (AvgIpc) is 3.38. The van der Waals surface area contributed by atoms with E-state index in [2.05, 4.69) is 30.7 Å². The third-order valence-electron chi connectivity index (χ3n) is 4.09. The van der Waals surface area contributed by atoms with Crippen molar-refractivity contribution in [2.75, 3.05) is 12.4 Å². The van der Waals surface area contributed by atoms with E-state index in [1.165, 1.54) is 6.20 Å². The van der Waals surface area contributed by atoms with E-state index in [0.717, 1.165) is 11.1 Å². The Balaban J connectivity index is 1.57. The van der Waals surface area contributed by atoms with Gasteiger partial charge in [0, 0.05) is 10.6 Å². The third-order valence-corrected chi connectivity index (χ3v) is 4.34. The molecule has 140 valence electrons. The second-order valence-corrected chi connectivity index (χ2v) is 6.26. The molecule has 0 aliphatic carbocycles. The number of hydrogen-bond acceptors (Lipinski definition) is 5. The number of benzene rings is 2. The summed E-state index contributed by atoms with van der Waals surface area (Å²) >= 11 is 5.92. The molecule has 28 heavy (non-hydrogen) atoms. The molecule has 4 rings (SSSR count). The van der Waals surface area contributed by atoms with Gasteiger partial charge in [-0.2, -0.15) is 10.1 Å². The zero-order valence-corrected chi connectivity index (χ0v) is 15.5. The van der Waals surface area contributed by atoms with Gasteiger partial charge in [-0.15, -0.1) is 5.10 Å². The van der Waals surface area contributed by atoms with Crippen LogP contribution >= 0.6 is 11.6 Å². The van der Waals surface area contributed by atoms with Gasteiger partial charge in [0.15, 0.2) is 5.82 Å². The largest absolute Gasteiger partial charge is 0.496 e. The minimum atomic E-state index is -0.385. The van der Waals surface area contributed by atoms with Gasteiger partial charge in [-0.1, -0.05) is 35.9 Å². The van der Waals surface area contributed by atoms with Gasteiger partial charge in [0.1, 0.15) is 5.75 Å². The quantitative estimate of drug-likeness (QED) is 0.477. The molecule has 0 unspecified atom stereocenters. The highest BCUT2D eigenvalue weighted by molar-refractivity contribution is 6.30. The molecule has 0 aliphatic rings. The van der Waals surface area contributed by atoms with E-state index in [4.69, 9.17) is 16.3 Å². The molecule has 2 aromatic carbocycles. The second kappa shape index (κ2) is 7.53. The normalized spacial score (nSPS) is 10.6. The summed E-state index contributed by atoms with van der Waals surface area (Å²) in [5, 5.41) is 17.0. The lowest BCUT2D eigenvalue weighted by Crippen LogP contribution is -2.13. The highest BCUT2D eigenvalue weighted by Crippen LogP contribution is 2.27. The van der Waals surface area contributed by atoms with E-state index in [-0.39, 0.29) is 11.9 Å². The Bertz CT molecular complexity index is 1120. The fourth-order valence-electron chi connectivity index (χ4n) is 2.74. The third kappa shape index (κ3) is 3.45. The van der Waals surface area contributed by atoms with E-state index < -0.39 is 0 Å². The number of para-hydroxylation sites is 1. The van der Waals surface area contributed by atoms with Gasteiger partial charge in [0.2, 0.25) is 5.95 Å². The fourth-order valence-corrected chi connectivity index (χ4v) is 2.87. The molecule has 0 saturated heterocycles. The van der Waals surface area contributed by atoms with Gasteiger partial charge in [-0.3, -0.25) is 20.3 Å². The van der Waals surface area contributed by atoms with Crippen LogP contribution in [0.1, 0.15) is 10.4 Å². The SMILES string of the molecule is COc1ccccc1-c1nc(NC(=O)c2cn[nH]c2-c2ccc(Cl)cc2)n[nH]1. The van der Waals surface area contributed by atoms with Crippen LogP contribution in [0.25, 0.3) is 22.6 Å². The minimum Gasteiger partial charge on any atom is -0.496 e. The molecule has 0 atom stereocenters. The molecule has 8 nitrogen and oxygen atoms in total. The molecule has 0 fully saturated rings.